The van der Waals surface area contributed by atoms with Crippen molar-refractivity contribution in [1.29, 1.82) is 0 Å². The first-order chi connectivity index (χ1) is 12.2. The van der Waals surface area contributed by atoms with Crippen LogP contribution in [0, 0.1) is 5.82 Å². The van der Waals surface area contributed by atoms with Crippen LogP contribution >= 0.6 is 15.9 Å². The number of hydrogen-bond donors (Lipinski definition) is 2. The Labute approximate surface area is 156 Å². The Kier molecular flexibility index (Phi) is 6.99. The quantitative estimate of drug-likeness (QED) is 0.669. The maximum Gasteiger partial charge on any atom is 0.405 e. The standard InChI is InChI=1S/C16H18BrF4N3O2/c17-10-3-4-12(11(18)8-10)23-14(25)5-7-24-6-1-2-13(24)15(26)22-9-16(19,20)21/h3-4,8,13H,1-2,5-7,9H2,(H,22,26)(H,23,25). The first kappa shape index (κ1) is 20.6. The summed E-state index contributed by atoms with van der Waals surface area (Å²) in [5, 5.41) is 4.31. The summed E-state index contributed by atoms with van der Waals surface area (Å²) >= 11 is 3.12. The van der Waals surface area contributed by atoms with Crippen LogP contribution in [0.1, 0.15) is 19.3 Å². The third-order valence-corrected chi connectivity index (χ3v) is 4.45. The average molecular weight is 440 g/mol. The van der Waals surface area contributed by atoms with E-state index in [0.717, 1.165) is 0 Å². The van der Waals surface area contributed by atoms with E-state index in [4.69, 9.17) is 0 Å². The van der Waals surface area contributed by atoms with E-state index >= 15 is 0 Å². The van der Waals surface area contributed by atoms with Gasteiger partial charge in [-0.3, -0.25) is 14.5 Å². The van der Waals surface area contributed by atoms with Gasteiger partial charge >= 0.3 is 6.18 Å². The smallest absolute Gasteiger partial charge is 0.346 e. The fourth-order valence-electron chi connectivity index (χ4n) is 2.74. The van der Waals surface area contributed by atoms with E-state index in [1.54, 1.807) is 11.0 Å². The summed E-state index contributed by atoms with van der Waals surface area (Å²) in [6.07, 6.45) is -3.37. The molecule has 2 rings (SSSR count). The van der Waals surface area contributed by atoms with Crippen LogP contribution in [-0.4, -0.2) is 48.6 Å². The molecule has 1 aromatic carbocycles. The lowest BCUT2D eigenvalue weighted by Gasteiger charge is -2.23. The molecule has 0 aromatic heterocycles. The Bertz CT molecular complexity index is 669. The van der Waals surface area contributed by atoms with E-state index in [1.807, 2.05) is 5.32 Å². The lowest BCUT2D eigenvalue weighted by Crippen LogP contribution is -2.46. The second-order valence-corrected chi connectivity index (χ2v) is 6.86. The van der Waals surface area contributed by atoms with E-state index in [9.17, 15) is 27.2 Å². The third-order valence-electron chi connectivity index (χ3n) is 3.96. The van der Waals surface area contributed by atoms with Gasteiger partial charge in [0, 0.05) is 17.4 Å². The van der Waals surface area contributed by atoms with Gasteiger partial charge in [0.05, 0.1) is 11.7 Å². The Balaban J connectivity index is 1.83. The number of rotatable bonds is 6. The van der Waals surface area contributed by atoms with Crippen LogP contribution in [0.4, 0.5) is 23.2 Å². The van der Waals surface area contributed by atoms with Crippen LogP contribution in [-0.2, 0) is 9.59 Å². The highest BCUT2D eigenvalue weighted by molar-refractivity contribution is 9.10. The number of halogens is 5. The molecule has 1 aliphatic heterocycles. The van der Waals surface area contributed by atoms with Gasteiger partial charge in [-0.25, -0.2) is 4.39 Å². The molecule has 1 atom stereocenters. The Hall–Kier alpha value is -1.68. The van der Waals surface area contributed by atoms with Gasteiger partial charge in [-0.2, -0.15) is 13.2 Å². The van der Waals surface area contributed by atoms with Gasteiger partial charge in [-0.1, -0.05) is 15.9 Å². The molecule has 1 unspecified atom stereocenters. The molecule has 26 heavy (non-hydrogen) atoms. The first-order valence-electron chi connectivity index (χ1n) is 7.99. The summed E-state index contributed by atoms with van der Waals surface area (Å²) < 4.78 is 50.9. The molecule has 10 heteroatoms. The minimum absolute atomic E-state index is 0.00143. The summed E-state index contributed by atoms with van der Waals surface area (Å²) in [5.41, 5.74) is 0.0408. The molecular weight excluding hydrogens is 422 g/mol. The number of nitrogens with one attached hydrogen (secondary N) is 2. The topological polar surface area (TPSA) is 61.4 Å². The largest absolute Gasteiger partial charge is 0.405 e. The highest BCUT2D eigenvalue weighted by Crippen LogP contribution is 2.21. The third kappa shape index (κ3) is 6.24. The molecule has 2 amide bonds. The van der Waals surface area contributed by atoms with Crippen LogP contribution in [0.5, 0.6) is 0 Å². The van der Waals surface area contributed by atoms with E-state index < -0.39 is 36.4 Å². The zero-order valence-corrected chi connectivity index (χ0v) is 15.3. The minimum Gasteiger partial charge on any atom is -0.346 e. The second kappa shape index (κ2) is 8.81. The van der Waals surface area contributed by atoms with Crippen molar-refractivity contribution >= 4 is 33.4 Å². The molecule has 2 N–H and O–H groups in total. The first-order valence-corrected chi connectivity index (χ1v) is 8.78. The van der Waals surface area contributed by atoms with Crippen molar-refractivity contribution in [2.75, 3.05) is 25.0 Å². The van der Waals surface area contributed by atoms with Crippen molar-refractivity contribution in [3.8, 4) is 0 Å². The Morgan fingerprint density at radius 1 is 1.31 bits per heavy atom. The number of nitrogens with zero attached hydrogens (tertiary/aromatic N) is 1. The molecule has 0 radical (unpaired) electrons. The molecule has 0 spiro atoms. The summed E-state index contributed by atoms with van der Waals surface area (Å²) in [6, 6.07) is 3.53. The van der Waals surface area contributed by atoms with Gasteiger partial charge < -0.3 is 10.6 Å². The van der Waals surface area contributed by atoms with Gasteiger partial charge in [-0.15, -0.1) is 0 Å². The Morgan fingerprint density at radius 2 is 2.04 bits per heavy atom. The maximum atomic E-state index is 13.7. The molecule has 1 saturated heterocycles. The predicted molar refractivity (Wildman–Crippen MR) is 91.0 cm³/mol. The lowest BCUT2D eigenvalue weighted by molar-refractivity contribution is -0.141. The SMILES string of the molecule is O=C(CCN1CCCC1C(=O)NCC(F)(F)F)Nc1ccc(Br)cc1F. The monoisotopic (exact) mass is 439 g/mol. The predicted octanol–water partition coefficient (Wildman–Crippen LogP) is 3.06. The molecule has 1 heterocycles. The number of alkyl halides is 3. The molecule has 144 valence electrons. The number of likely N-dealkylation sites (tertiary alicyclic amines) is 1. The molecule has 1 aromatic rings. The minimum atomic E-state index is -4.46. The fraction of sp³-hybridized carbons (Fsp3) is 0.500. The number of amides is 2. The van der Waals surface area contributed by atoms with Crippen LogP contribution < -0.4 is 10.6 Å². The molecule has 0 saturated carbocycles. The van der Waals surface area contributed by atoms with Gasteiger partial charge in [0.1, 0.15) is 12.4 Å². The van der Waals surface area contributed by atoms with E-state index in [2.05, 4.69) is 21.2 Å². The van der Waals surface area contributed by atoms with Crippen molar-refractivity contribution in [2.24, 2.45) is 0 Å². The Morgan fingerprint density at radius 3 is 2.69 bits per heavy atom. The zero-order valence-electron chi connectivity index (χ0n) is 13.7. The van der Waals surface area contributed by atoms with Crippen molar-refractivity contribution in [1.82, 2.24) is 10.2 Å². The molecule has 1 fully saturated rings. The van der Waals surface area contributed by atoms with E-state index in [-0.39, 0.29) is 18.7 Å². The molecule has 0 aliphatic carbocycles. The van der Waals surface area contributed by atoms with Crippen LogP contribution in [0.25, 0.3) is 0 Å². The van der Waals surface area contributed by atoms with Gasteiger partial charge in [-0.05, 0) is 37.6 Å². The number of carbonyl (C=O) groups excluding carboxylic acids is 2. The number of carbonyl (C=O) groups is 2. The number of anilines is 1. The van der Waals surface area contributed by atoms with Crippen molar-refractivity contribution in [3.05, 3.63) is 28.5 Å². The lowest BCUT2D eigenvalue weighted by atomic mass is 10.2. The average Bonchev–Trinajstić information content (AvgIpc) is 3.01. The molecular formula is C16H18BrF4N3O2. The highest BCUT2D eigenvalue weighted by atomic mass is 79.9. The van der Waals surface area contributed by atoms with Gasteiger partial charge in [0.15, 0.2) is 0 Å². The fourth-order valence-corrected chi connectivity index (χ4v) is 3.08. The molecule has 0 bridgehead atoms. The second-order valence-electron chi connectivity index (χ2n) is 5.95. The molecule has 5 nitrogen and oxygen atoms in total. The number of benzene rings is 1. The van der Waals surface area contributed by atoms with E-state index in [0.29, 0.717) is 23.9 Å². The van der Waals surface area contributed by atoms with Crippen molar-refractivity contribution in [2.45, 2.75) is 31.5 Å². The summed E-state index contributed by atoms with van der Waals surface area (Å²) in [4.78, 5) is 25.6. The van der Waals surface area contributed by atoms with Crippen LogP contribution in [0.3, 0.4) is 0 Å². The number of hydrogen-bond acceptors (Lipinski definition) is 3. The molecule has 1 aliphatic rings. The summed E-state index contributed by atoms with van der Waals surface area (Å²) in [5.74, 6) is -1.72. The summed E-state index contributed by atoms with van der Waals surface area (Å²) in [6.45, 7) is -0.655. The van der Waals surface area contributed by atoms with Gasteiger partial charge in [0.2, 0.25) is 11.8 Å². The van der Waals surface area contributed by atoms with Gasteiger partial charge in [0.25, 0.3) is 0 Å². The highest BCUT2D eigenvalue weighted by Gasteiger charge is 2.34. The van der Waals surface area contributed by atoms with Crippen molar-refractivity contribution in [3.63, 3.8) is 0 Å². The summed E-state index contributed by atoms with van der Waals surface area (Å²) in [7, 11) is 0. The van der Waals surface area contributed by atoms with Crippen LogP contribution in [0.2, 0.25) is 0 Å². The zero-order chi connectivity index (χ0) is 19.3. The van der Waals surface area contributed by atoms with E-state index in [1.165, 1.54) is 12.1 Å². The maximum absolute atomic E-state index is 13.7. The van der Waals surface area contributed by atoms with Crippen LogP contribution in [0.15, 0.2) is 22.7 Å². The van der Waals surface area contributed by atoms with Crippen molar-refractivity contribution < 1.29 is 27.2 Å². The normalized spacial score (nSPS) is 18.0.